The number of carbonyl (C=O) groups excluding carboxylic acids is 1. The molecule has 15 heavy (non-hydrogen) atoms. The number of carbonyl (C=O) groups is 2. The van der Waals surface area contributed by atoms with Crippen LogP contribution in [0.15, 0.2) is 0 Å². The maximum atomic E-state index is 11.6. The highest BCUT2D eigenvalue weighted by atomic mass is 16.5. The number of urea groups is 1. The third kappa shape index (κ3) is 2.82. The summed E-state index contributed by atoms with van der Waals surface area (Å²) in [6.45, 7) is 1.40. The van der Waals surface area contributed by atoms with Gasteiger partial charge in [-0.2, -0.15) is 0 Å². The zero-order valence-corrected chi connectivity index (χ0v) is 8.97. The van der Waals surface area contributed by atoms with Gasteiger partial charge in [-0.3, -0.25) is 4.79 Å². The molecule has 0 radical (unpaired) electrons. The maximum Gasteiger partial charge on any atom is 0.319 e. The van der Waals surface area contributed by atoms with E-state index in [1.807, 2.05) is 0 Å². The summed E-state index contributed by atoms with van der Waals surface area (Å²) in [4.78, 5) is 25.4. The monoisotopic (exact) mass is 216 g/mol. The van der Waals surface area contributed by atoms with Crippen molar-refractivity contribution in [1.82, 2.24) is 9.80 Å². The van der Waals surface area contributed by atoms with E-state index in [2.05, 4.69) is 0 Å². The molecule has 1 aliphatic rings. The van der Waals surface area contributed by atoms with Crippen LogP contribution in [-0.2, 0) is 9.53 Å². The SMILES string of the molecule is COCCN1CC(C(=O)O)CN(C)C1=O. The van der Waals surface area contributed by atoms with E-state index >= 15 is 0 Å². The molecule has 86 valence electrons. The minimum absolute atomic E-state index is 0.135. The molecular formula is C9H16N2O4. The zero-order valence-electron chi connectivity index (χ0n) is 8.97. The highest BCUT2D eigenvalue weighted by Gasteiger charge is 2.32. The van der Waals surface area contributed by atoms with Crippen LogP contribution in [0.5, 0.6) is 0 Å². The molecule has 6 nitrogen and oxygen atoms in total. The van der Waals surface area contributed by atoms with Gasteiger partial charge in [-0.15, -0.1) is 0 Å². The molecule has 0 aromatic rings. The quantitative estimate of drug-likeness (QED) is 0.700. The summed E-state index contributed by atoms with van der Waals surface area (Å²) in [5.74, 6) is -1.37. The van der Waals surface area contributed by atoms with Crippen LogP contribution in [-0.4, -0.2) is 67.3 Å². The van der Waals surface area contributed by atoms with Crippen LogP contribution >= 0.6 is 0 Å². The van der Waals surface area contributed by atoms with Crippen LogP contribution in [0.25, 0.3) is 0 Å². The molecule has 1 N–H and O–H groups in total. The normalized spacial score (nSPS) is 22.0. The highest BCUT2D eigenvalue weighted by molar-refractivity contribution is 5.79. The van der Waals surface area contributed by atoms with E-state index in [0.717, 1.165) is 0 Å². The van der Waals surface area contributed by atoms with Gasteiger partial charge in [0.25, 0.3) is 0 Å². The van der Waals surface area contributed by atoms with Crippen molar-refractivity contribution in [3.05, 3.63) is 0 Å². The summed E-state index contributed by atoms with van der Waals surface area (Å²) in [5, 5.41) is 8.89. The van der Waals surface area contributed by atoms with E-state index in [9.17, 15) is 9.59 Å². The van der Waals surface area contributed by atoms with E-state index < -0.39 is 11.9 Å². The number of hydrogen-bond acceptors (Lipinski definition) is 3. The Morgan fingerprint density at radius 2 is 2.27 bits per heavy atom. The molecule has 2 amide bonds. The van der Waals surface area contributed by atoms with Gasteiger partial charge < -0.3 is 19.6 Å². The van der Waals surface area contributed by atoms with E-state index in [1.165, 1.54) is 9.80 Å². The largest absolute Gasteiger partial charge is 0.481 e. The van der Waals surface area contributed by atoms with Crippen molar-refractivity contribution < 1.29 is 19.4 Å². The fourth-order valence-electron chi connectivity index (χ4n) is 1.60. The average Bonchev–Trinajstić information content (AvgIpc) is 2.19. The smallest absolute Gasteiger partial charge is 0.319 e. The lowest BCUT2D eigenvalue weighted by atomic mass is 10.1. The Kier molecular flexibility index (Phi) is 3.90. The van der Waals surface area contributed by atoms with Gasteiger partial charge in [-0.25, -0.2) is 4.79 Å². The van der Waals surface area contributed by atoms with Crippen molar-refractivity contribution in [3.63, 3.8) is 0 Å². The van der Waals surface area contributed by atoms with Gasteiger partial charge in [0.15, 0.2) is 0 Å². The van der Waals surface area contributed by atoms with E-state index in [0.29, 0.717) is 13.2 Å². The van der Waals surface area contributed by atoms with Gasteiger partial charge in [0.1, 0.15) is 0 Å². The van der Waals surface area contributed by atoms with E-state index in [4.69, 9.17) is 9.84 Å². The van der Waals surface area contributed by atoms with Crippen molar-refractivity contribution in [2.75, 3.05) is 40.4 Å². The highest BCUT2D eigenvalue weighted by Crippen LogP contribution is 2.12. The molecule has 0 aromatic heterocycles. The van der Waals surface area contributed by atoms with Crippen molar-refractivity contribution in [3.8, 4) is 0 Å². The lowest BCUT2D eigenvalue weighted by molar-refractivity contribution is -0.143. The average molecular weight is 216 g/mol. The first kappa shape index (κ1) is 11.8. The van der Waals surface area contributed by atoms with Crippen molar-refractivity contribution >= 4 is 12.0 Å². The van der Waals surface area contributed by atoms with Gasteiger partial charge in [0.2, 0.25) is 0 Å². The molecule has 0 aromatic carbocycles. The van der Waals surface area contributed by atoms with Gasteiger partial charge in [-0.05, 0) is 0 Å². The number of aliphatic carboxylic acids is 1. The number of ether oxygens (including phenoxy) is 1. The molecule has 1 aliphatic heterocycles. The number of carboxylic acids is 1. The Hall–Kier alpha value is -1.30. The fourth-order valence-corrected chi connectivity index (χ4v) is 1.60. The summed E-state index contributed by atoms with van der Waals surface area (Å²) >= 11 is 0. The number of amides is 2. The third-order valence-electron chi connectivity index (χ3n) is 2.45. The molecule has 1 atom stereocenters. The van der Waals surface area contributed by atoms with Gasteiger partial charge in [0, 0.05) is 33.8 Å². The Labute approximate surface area is 88.4 Å². The first-order chi connectivity index (χ1) is 7.06. The summed E-state index contributed by atoms with van der Waals surface area (Å²) in [5.41, 5.74) is 0. The van der Waals surface area contributed by atoms with Crippen molar-refractivity contribution in [2.45, 2.75) is 0 Å². The van der Waals surface area contributed by atoms with Crippen LogP contribution in [0, 0.1) is 5.92 Å². The molecule has 0 saturated carbocycles. The van der Waals surface area contributed by atoms with Crippen LogP contribution < -0.4 is 0 Å². The first-order valence-electron chi connectivity index (χ1n) is 4.78. The minimum Gasteiger partial charge on any atom is -0.481 e. The summed E-state index contributed by atoms with van der Waals surface area (Å²) in [6.07, 6.45) is 0. The predicted octanol–water partition coefficient (Wildman–Crippen LogP) is -0.299. The standard InChI is InChI=1S/C9H16N2O4/c1-10-5-7(8(12)13)6-11(9(10)14)3-4-15-2/h7H,3-6H2,1-2H3,(H,12,13). The third-order valence-corrected chi connectivity index (χ3v) is 2.45. The number of carboxylic acid groups (broad SMARTS) is 1. The fraction of sp³-hybridized carbons (Fsp3) is 0.778. The van der Waals surface area contributed by atoms with E-state index in [-0.39, 0.29) is 19.1 Å². The van der Waals surface area contributed by atoms with Gasteiger partial charge in [0.05, 0.1) is 12.5 Å². The first-order valence-corrected chi connectivity index (χ1v) is 4.78. The van der Waals surface area contributed by atoms with Crippen LogP contribution in [0.1, 0.15) is 0 Å². The second-order valence-corrected chi connectivity index (χ2v) is 3.64. The van der Waals surface area contributed by atoms with Crippen molar-refractivity contribution in [2.24, 2.45) is 5.92 Å². The van der Waals surface area contributed by atoms with Crippen LogP contribution in [0.2, 0.25) is 0 Å². The molecule has 1 fully saturated rings. The lowest BCUT2D eigenvalue weighted by Gasteiger charge is -2.36. The molecule has 0 aliphatic carbocycles. The van der Waals surface area contributed by atoms with Crippen LogP contribution in [0.3, 0.4) is 0 Å². The molecule has 0 bridgehead atoms. The Morgan fingerprint density at radius 1 is 1.60 bits per heavy atom. The number of rotatable bonds is 4. The molecule has 6 heteroatoms. The lowest BCUT2D eigenvalue weighted by Crippen LogP contribution is -2.54. The Bertz CT molecular complexity index is 256. The second kappa shape index (κ2) is 4.97. The molecule has 1 rings (SSSR count). The molecular weight excluding hydrogens is 200 g/mol. The summed E-state index contributed by atoms with van der Waals surface area (Å²) in [7, 11) is 3.16. The second-order valence-electron chi connectivity index (χ2n) is 3.64. The van der Waals surface area contributed by atoms with E-state index in [1.54, 1.807) is 14.2 Å². The zero-order chi connectivity index (χ0) is 11.4. The molecule has 1 heterocycles. The molecule has 1 saturated heterocycles. The summed E-state index contributed by atoms with van der Waals surface area (Å²) < 4.78 is 4.86. The summed E-state index contributed by atoms with van der Waals surface area (Å²) in [6, 6.07) is -0.135. The number of methoxy groups -OCH3 is 1. The Balaban J connectivity index is 2.60. The van der Waals surface area contributed by atoms with Crippen LogP contribution in [0.4, 0.5) is 4.79 Å². The van der Waals surface area contributed by atoms with Gasteiger partial charge in [-0.1, -0.05) is 0 Å². The topological polar surface area (TPSA) is 70.1 Å². The predicted molar refractivity (Wildman–Crippen MR) is 52.6 cm³/mol. The molecule has 0 spiro atoms. The molecule has 1 unspecified atom stereocenters. The number of nitrogens with zero attached hydrogens (tertiary/aromatic N) is 2. The Morgan fingerprint density at radius 3 is 2.80 bits per heavy atom. The van der Waals surface area contributed by atoms with Gasteiger partial charge >= 0.3 is 12.0 Å². The maximum absolute atomic E-state index is 11.6. The minimum atomic E-state index is -0.864. The number of hydrogen-bond donors (Lipinski definition) is 1. The van der Waals surface area contributed by atoms with Crippen molar-refractivity contribution in [1.29, 1.82) is 0 Å².